The minimum atomic E-state index is -1.15. The molecule has 0 saturated heterocycles. The van der Waals surface area contributed by atoms with E-state index in [1.54, 1.807) is 24.0 Å². The minimum Gasteiger partial charge on any atom is -0.502 e. The molecule has 2 heterocycles. The van der Waals surface area contributed by atoms with Gasteiger partial charge in [-0.15, -0.1) is 0 Å². The first-order chi connectivity index (χ1) is 17.0. The number of ether oxygens (including phenoxy) is 3. The van der Waals surface area contributed by atoms with E-state index < -0.39 is 17.9 Å². The Bertz CT molecular complexity index is 1210. The molecule has 0 fully saturated rings. The summed E-state index contributed by atoms with van der Waals surface area (Å²) in [5.74, 6) is -1.47. The minimum absolute atomic E-state index is 0.144. The van der Waals surface area contributed by atoms with Crippen LogP contribution in [0, 0.1) is 5.92 Å². The fourth-order valence-corrected chi connectivity index (χ4v) is 4.66. The number of rotatable bonds is 9. The maximum absolute atomic E-state index is 13.9. The number of para-hydroxylation sites is 2. The van der Waals surface area contributed by atoms with E-state index in [0.29, 0.717) is 23.6 Å². The molecule has 1 aromatic heterocycles. The van der Waals surface area contributed by atoms with Crippen molar-refractivity contribution in [3.8, 4) is 17.2 Å². The van der Waals surface area contributed by atoms with Crippen LogP contribution in [0.5, 0.6) is 17.2 Å². The quantitative estimate of drug-likeness (QED) is 0.279. The lowest BCUT2D eigenvalue weighted by Gasteiger charge is -2.38. The summed E-state index contributed by atoms with van der Waals surface area (Å²) in [4.78, 5) is 33.6. The molecule has 0 spiro atoms. The van der Waals surface area contributed by atoms with E-state index in [9.17, 15) is 14.7 Å². The third-order valence-corrected chi connectivity index (χ3v) is 6.31. The van der Waals surface area contributed by atoms with Gasteiger partial charge in [0.15, 0.2) is 17.4 Å². The highest BCUT2D eigenvalue weighted by Gasteiger charge is 2.48. The van der Waals surface area contributed by atoms with Crippen LogP contribution in [0.1, 0.15) is 44.7 Å². The largest absolute Gasteiger partial charge is 0.502 e. The Kier molecular flexibility index (Phi) is 7.14. The summed E-state index contributed by atoms with van der Waals surface area (Å²) in [5, 5.41) is 10.5. The van der Waals surface area contributed by atoms with Crippen molar-refractivity contribution >= 4 is 28.9 Å². The number of carbonyl (C=O) groups is 2. The van der Waals surface area contributed by atoms with Crippen LogP contribution in [0.2, 0.25) is 0 Å². The van der Waals surface area contributed by atoms with Crippen LogP contribution in [-0.4, -0.2) is 53.9 Å². The number of hydrogen-bond acceptors (Lipinski definition) is 7. The van der Waals surface area contributed by atoms with Crippen LogP contribution in [0.15, 0.2) is 36.4 Å². The fourth-order valence-electron chi connectivity index (χ4n) is 4.66. The number of amides is 1. The number of imidazole rings is 1. The first-order valence-electron chi connectivity index (χ1n) is 11.9. The van der Waals surface area contributed by atoms with E-state index >= 15 is 0 Å². The maximum Gasteiger partial charge on any atom is 0.321 e. The number of phenols is 1. The monoisotopic (exact) mass is 481 g/mol. The zero-order chi connectivity index (χ0) is 25.1. The molecule has 35 heavy (non-hydrogen) atoms. The van der Waals surface area contributed by atoms with E-state index in [4.69, 9.17) is 19.2 Å². The second kappa shape index (κ2) is 10.2. The molecule has 0 bridgehead atoms. The number of esters is 1. The van der Waals surface area contributed by atoms with Gasteiger partial charge in [0.2, 0.25) is 17.6 Å². The molecule has 9 nitrogen and oxygen atoms in total. The lowest BCUT2D eigenvalue weighted by molar-refractivity contribution is -0.153. The number of aromatic nitrogens is 2. The van der Waals surface area contributed by atoms with E-state index in [0.717, 1.165) is 24.8 Å². The van der Waals surface area contributed by atoms with Gasteiger partial charge in [-0.25, -0.2) is 4.98 Å². The second-order valence-corrected chi connectivity index (χ2v) is 8.42. The van der Waals surface area contributed by atoms with Crippen LogP contribution < -0.4 is 14.4 Å². The molecule has 1 aliphatic rings. The molecule has 1 aliphatic heterocycles. The van der Waals surface area contributed by atoms with Crippen LogP contribution in [0.4, 0.5) is 5.95 Å². The Morgan fingerprint density at radius 2 is 1.77 bits per heavy atom. The van der Waals surface area contributed by atoms with Crippen molar-refractivity contribution in [2.45, 2.75) is 39.2 Å². The molecule has 2 atom stereocenters. The average molecular weight is 482 g/mol. The topological polar surface area (TPSA) is 103 Å². The van der Waals surface area contributed by atoms with Crippen molar-refractivity contribution in [3.05, 3.63) is 42.0 Å². The molecular weight excluding hydrogens is 450 g/mol. The Balaban J connectivity index is 1.99. The molecule has 1 amide bonds. The summed E-state index contributed by atoms with van der Waals surface area (Å²) in [5.41, 5.74) is 2.05. The number of unbranched alkanes of at least 4 members (excludes halogenated alkanes) is 2. The fraction of sp³-hybridized carbons (Fsp3) is 0.423. The molecule has 9 heteroatoms. The van der Waals surface area contributed by atoms with Gasteiger partial charge in [-0.2, -0.15) is 0 Å². The van der Waals surface area contributed by atoms with Gasteiger partial charge in [-0.1, -0.05) is 31.9 Å². The molecular formula is C26H31N3O6. The second-order valence-electron chi connectivity index (χ2n) is 8.42. The summed E-state index contributed by atoms with van der Waals surface area (Å²) in [6.45, 7) is 4.39. The molecule has 0 saturated carbocycles. The van der Waals surface area contributed by atoms with E-state index in [1.165, 1.54) is 14.2 Å². The van der Waals surface area contributed by atoms with Gasteiger partial charge >= 0.3 is 5.97 Å². The number of hydrogen-bond donors (Lipinski definition) is 1. The third-order valence-electron chi connectivity index (χ3n) is 6.31. The van der Waals surface area contributed by atoms with Gasteiger partial charge in [-0.05, 0) is 43.2 Å². The molecule has 4 rings (SSSR count). The lowest BCUT2D eigenvalue weighted by Crippen LogP contribution is -2.50. The first-order valence-corrected chi connectivity index (χ1v) is 11.9. The highest BCUT2D eigenvalue weighted by Crippen LogP contribution is 2.46. The summed E-state index contributed by atoms with van der Waals surface area (Å²) < 4.78 is 18.0. The lowest BCUT2D eigenvalue weighted by atomic mass is 9.89. The molecule has 0 aliphatic carbocycles. The highest BCUT2D eigenvalue weighted by atomic mass is 16.5. The highest BCUT2D eigenvalue weighted by molar-refractivity contribution is 6.08. The number of anilines is 1. The van der Waals surface area contributed by atoms with Gasteiger partial charge in [0.05, 0.1) is 37.9 Å². The Hall–Kier alpha value is -3.75. The number of fused-ring (bicyclic) bond motifs is 3. The Morgan fingerprint density at radius 1 is 1.09 bits per heavy atom. The number of aromatic hydroxyl groups is 1. The van der Waals surface area contributed by atoms with Gasteiger partial charge in [0, 0.05) is 6.54 Å². The number of benzene rings is 2. The predicted molar refractivity (Wildman–Crippen MR) is 131 cm³/mol. The number of nitrogens with zero attached hydrogens (tertiary/aromatic N) is 3. The van der Waals surface area contributed by atoms with Crippen LogP contribution >= 0.6 is 0 Å². The summed E-state index contributed by atoms with van der Waals surface area (Å²) >= 11 is 0. The molecule has 186 valence electrons. The zero-order valence-corrected chi connectivity index (χ0v) is 20.5. The standard InChI is InChI=1S/C26H31N3O6/c1-5-7-10-13-28-24(31)21(25(32)35-6-2)22(16-14-19(33-3)23(30)20(15-16)34-4)29-18-12-9-8-11-17(18)27-26(28)29/h8-9,11-12,14-15,21-22,30H,5-7,10,13H2,1-4H3/t21-,22+/m0/s1. The third kappa shape index (κ3) is 4.26. The SMILES string of the molecule is CCCCCN1C(=O)[C@@H](C(=O)OCC)[C@@H](c2cc(OC)c(O)c(OC)c2)n2c1nc1ccccc12. The van der Waals surface area contributed by atoms with Crippen molar-refractivity contribution in [1.29, 1.82) is 0 Å². The zero-order valence-electron chi connectivity index (χ0n) is 20.5. The summed E-state index contributed by atoms with van der Waals surface area (Å²) in [7, 11) is 2.86. The maximum atomic E-state index is 13.9. The summed E-state index contributed by atoms with van der Waals surface area (Å²) in [6, 6.07) is 10.0. The molecule has 0 radical (unpaired) electrons. The first kappa shape index (κ1) is 24.4. The van der Waals surface area contributed by atoms with Crippen molar-refractivity contribution in [1.82, 2.24) is 9.55 Å². The molecule has 2 aromatic carbocycles. The van der Waals surface area contributed by atoms with Crippen LogP contribution in [0.25, 0.3) is 11.0 Å². The van der Waals surface area contributed by atoms with Gasteiger partial charge in [0.25, 0.3) is 0 Å². The van der Waals surface area contributed by atoms with Crippen molar-refractivity contribution in [3.63, 3.8) is 0 Å². The average Bonchev–Trinajstić information content (AvgIpc) is 3.24. The van der Waals surface area contributed by atoms with Crippen LogP contribution in [0.3, 0.4) is 0 Å². The van der Waals surface area contributed by atoms with Crippen molar-refractivity contribution < 1.29 is 28.9 Å². The van der Waals surface area contributed by atoms with Gasteiger partial charge < -0.3 is 23.9 Å². The van der Waals surface area contributed by atoms with Gasteiger partial charge in [0.1, 0.15) is 0 Å². The van der Waals surface area contributed by atoms with E-state index in [2.05, 4.69) is 6.92 Å². The van der Waals surface area contributed by atoms with Crippen molar-refractivity contribution in [2.24, 2.45) is 5.92 Å². The number of carbonyl (C=O) groups excluding carboxylic acids is 2. The Labute approximate surface area is 204 Å². The molecule has 1 N–H and O–H groups in total. The van der Waals surface area contributed by atoms with E-state index in [1.807, 2.05) is 28.8 Å². The van der Waals surface area contributed by atoms with E-state index in [-0.39, 0.29) is 29.8 Å². The van der Waals surface area contributed by atoms with Gasteiger partial charge in [-0.3, -0.25) is 14.5 Å². The Morgan fingerprint density at radius 3 is 2.40 bits per heavy atom. The van der Waals surface area contributed by atoms with Crippen LogP contribution in [-0.2, 0) is 14.3 Å². The molecule has 3 aromatic rings. The van der Waals surface area contributed by atoms with Crippen molar-refractivity contribution in [2.75, 3.05) is 32.3 Å². The molecule has 0 unspecified atom stereocenters. The number of phenolic OH excluding ortho intramolecular Hbond substituents is 1. The normalized spacial score (nSPS) is 17.4. The smallest absolute Gasteiger partial charge is 0.321 e. The number of methoxy groups -OCH3 is 2. The summed E-state index contributed by atoms with van der Waals surface area (Å²) in [6.07, 6.45) is 2.73. The predicted octanol–water partition coefficient (Wildman–Crippen LogP) is 4.06.